The van der Waals surface area contributed by atoms with Gasteiger partial charge in [-0.2, -0.15) is 0 Å². The Balaban J connectivity index is 1.47. The lowest BCUT2D eigenvalue weighted by Gasteiger charge is -2.27. The maximum atomic E-state index is 12.8. The van der Waals surface area contributed by atoms with Gasteiger partial charge in [0.05, 0.1) is 5.41 Å². The molecule has 2 aliphatic rings. The fourth-order valence-electron chi connectivity index (χ4n) is 5.01. The Labute approximate surface area is 177 Å². The molecule has 4 nitrogen and oxygen atoms in total. The van der Waals surface area contributed by atoms with E-state index >= 15 is 0 Å². The van der Waals surface area contributed by atoms with Crippen molar-refractivity contribution in [1.29, 1.82) is 0 Å². The number of amides is 2. The average Bonchev–Trinajstić information content (AvgIpc) is 3.48. The summed E-state index contributed by atoms with van der Waals surface area (Å²) < 4.78 is 0. The van der Waals surface area contributed by atoms with Crippen LogP contribution in [0, 0.1) is 11.3 Å². The van der Waals surface area contributed by atoms with Crippen LogP contribution in [0.5, 0.6) is 0 Å². The largest absolute Gasteiger partial charge is 0.369 e. The van der Waals surface area contributed by atoms with Crippen LogP contribution in [0.4, 0.5) is 0 Å². The molecule has 1 atom stereocenters. The fourth-order valence-corrected chi connectivity index (χ4v) is 5.80. The van der Waals surface area contributed by atoms with Crippen LogP contribution in [0.2, 0.25) is 0 Å². The Morgan fingerprint density at radius 3 is 2.66 bits per heavy atom. The Morgan fingerprint density at radius 2 is 1.93 bits per heavy atom. The van der Waals surface area contributed by atoms with Gasteiger partial charge in [-0.1, -0.05) is 56.0 Å². The zero-order chi connectivity index (χ0) is 20.3. The van der Waals surface area contributed by atoms with Crippen molar-refractivity contribution >= 4 is 23.2 Å². The second-order valence-electron chi connectivity index (χ2n) is 8.71. The highest BCUT2D eigenvalue weighted by Gasteiger charge is 2.45. The van der Waals surface area contributed by atoms with Crippen molar-refractivity contribution in [1.82, 2.24) is 4.90 Å². The first-order chi connectivity index (χ1) is 14.1. The first-order valence-corrected chi connectivity index (χ1v) is 11.6. The topological polar surface area (TPSA) is 63.4 Å². The Bertz CT molecular complexity index is 858. The molecule has 1 aromatic carbocycles. The van der Waals surface area contributed by atoms with Gasteiger partial charge in [0.2, 0.25) is 11.8 Å². The summed E-state index contributed by atoms with van der Waals surface area (Å²) in [5.41, 5.74) is 7.54. The molecule has 2 aromatic rings. The third kappa shape index (κ3) is 4.40. The smallest absolute Gasteiger partial charge is 0.225 e. The molecule has 4 rings (SSSR count). The number of likely N-dealkylation sites (tertiary alicyclic amines) is 1. The van der Waals surface area contributed by atoms with Gasteiger partial charge in [-0.05, 0) is 47.8 Å². The molecule has 0 bridgehead atoms. The van der Waals surface area contributed by atoms with E-state index in [1.165, 1.54) is 30.6 Å². The lowest BCUT2D eigenvalue weighted by molar-refractivity contribution is -0.132. The summed E-state index contributed by atoms with van der Waals surface area (Å²) >= 11 is 1.70. The minimum atomic E-state index is -0.670. The molecule has 154 valence electrons. The highest BCUT2D eigenvalue weighted by atomic mass is 32.1. The molecular weight excluding hydrogens is 380 g/mol. The fraction of sp³-hybridized carbons (Fsp3) is 0.500. The maximum Gasteiger partial charge on any atom is 0.225 e. The Hall–Kier alpha value is -2.14. The second-order valence-corrected chi connectivity index (χ2v) is 9.66. The number of nitrogens with two attached hydrogens (primary N) is 1. The number of benzene rings is 1. The highest BCUT2D eigenvalue weighted by Crippen LogP contribution is 2.38. The van der Waals surface area contributed by atoms with Crippen LogP contribution in [0.25, 0.3) is 10.4 Å². The Morgan fingerprint density at radius 1 is 1.14 bits per heavy atom. The van der Waals surface area contributed by atoms with Crippen LogP contribution in [-0.2, 0) is 16.0 Å². The summed E-state index contributed by atoms with van der Waals surface area (Å²) in [5.74, 6) is 0.608. The summed E-state index contributed by atoms with van der Waals surface area (Å²) in [6, 6.07) is 12.4. The number of hydrogen-bond donors (Lipinski definition) is 1. The van der Waals surface area contributed by atoms with E-state index in [4.69, 9.17) is 5.73 Å². The highest BCUT2D eigenvalue weighted by molar-refractivity contribution is 7.13. The first kappa shape index (κ1) is 20.1. The third-order valence-electron chi connectivity index (χ3n) is 6.80. The van der Waals surface area contributed by atoms with Crippen LogP contribution in [0.1, 0.15) is 50.5 Å². The van der Waals surface area contributed by atoms with E-state index in [1.807, 2.05) is 23.1 Å². The molecule has 2 fully saturated rings. The number of carbonyl (C=O) groups excluding carboxylic acids is 2. The zero-order valence-electron chi connectivity index (χ0n) is 16.9. The van der Waals surface area contributed by atoms with Gasteiger partial charge in [-0.25, -0.2) is 0 Å². The van der Waals surface area contributed by atoms with E-state index in [0.29, 0.717) is 38.3 Å². The van der Waals surface area contributed by atoms with Gasteiger partial charge in [-0.3, -0.25) is 9.59 Å². The number of thiophene rings is 1. The Kier molecular flexibility index (Phi) is 6.04. The molecule has 0 spiro atoms. The molecule has 0 radical (unpaired) electrons. The molecule has 1 aliphatic carbocycles. The van der Waals surface area contributed by atoms with Gasteiger partial charge in [-0.15, -0.1) is 11.3 Å². The quantitative estimate of drug-likeness (QED) is 0.723. The van der Waals surface area contributed by atoms with E-state index in [2.05, 4.69) is 23.6 Å². The van der Waals surface area contributed by atoms with E-state index < -0.39 is 5.41 Å². The van der Waals surface area contributed by atoms with E-state index in [-0.39, 0.29) is 11.8 Å². The van der Waals surface area contributed by atoms with Gasteiger partial charge in [0.25, 0.3) is 0 Å². The van der Waals surface area contributed by atoms with Crippen molar-refractivity contribution in [2.45, 2.75) is 51.4 Å². The van der Waals surface area contributed by atoms with E-state index in [1.54, 1.807) is 11.3 Å². The monoisotopic (exact) mass is 410 g/mol. The van der Waals surface area contributed by atoms with Crippen molar-refractivity contribution in [3.05, 3.63) is 47.3 Å². The minimum absolute atomic E-state index is 0.187. The van der Waals surface area contributed by atoms with E-state index in [0.717, 1.165) is 17.5 Å². The summed E-state index contributed by atoms with van der Waals surface area (Å²) in [4.78, 5) is 28.4. The van der Waals surface area contributed by atoms with Crippen LogP contribution >= 0.6 is 11.3 Å². The van der Waals surface area contributed by atoms with Gasteiger partial charge >= 0.3 is 0 Å². The minimum Gasteiger partial charge on any atom is -0.369 e. The SMILES string of the molecule is NC(=O)C1(Cc2ccccc2-c2cccs2)CCN(C(=O)CCC2CCCC2)C1. The molecule has 2 amide bonds. The predicted molar refractivity (Wildman–Crippen MR) is 117 cm³/mol. The molecule has 2 heterocycles. The van der Waals surface area contributed by atoms with Gasteiger partial charge in [0.15, 0.2) is 0 Å². The molecular formula is C24H30N2O2S. The van der Waals surface area contributed by atoms with Crippen molar-refractivity contribution in [2.24, 2.45) is 17.1 Å². The van der Waals surface area contributed by atoms with E-state index in [9.17, 15) is 9.59 Å². The summed E-state index contributed by atoms with van der Waals surface area (Å²) in [5, 5.41) is 2.07. The summed E-state index contributed by atoms with van der Waals surface area (Å²) in [6.45, 7) is 1.08. The second kappa shape index (κ2) is 8.70. The normalized spacial score (nSPS) is 22.3. The van der Waals surface area contributed by atoms with Crippen LogP contribution in [0.3, 0.4) is 0 Å². The summed E-state index contributed by atoms with van der Waals surface area (Å²) in [6.07, 6.45) is 7.95. The average molecular weight is 411 g/mol. The standard InChI is InChI=1S/C24H30N2O2S/c25-23(28)24(16-19-8-3-4-9-20(19)21-10-5-15-29-21)13-14-26(17-24)22(27)12-11-18-6-1-2-7-18/h3-5,8-10,15,18H,1-2,6-7,11-14,16-17H2,(H2,25,28). The lowest BCUT2D eigenvalue weighted by Crippen LogP contribution is -2.42. The number of hydrogen-bond acceptors (Lipinski definition) is 3. The molecule has 1 unspecified atom stereocenters. The van der Waals surface area contributed by atoms with Gasteiger partial charge < -0.3 is 10.6 Å². The molecule has 1 saturated heterocycles. The van der Waals surface area contributed by atoms with Crippen LogP contribution in [-0.4, -0.2) is 29.8 Å². The third-order valence-corrected chi connectivity index (χ3v) is 7.71. The van der Waals surface area contributed by atoms with Crippen molar-refractivity contribution in [3.8, 4) is 10.4 Å². The number of primary amides is 1. The molecule has 1 aliphatic heterocycles. The maximum absolute atomic E-state index is 12.8. The first-order valence-electron chi connectivity index (χ1n) is 10.8. The van der Waals surface area contributed by atoms with Crippen LogP contribution in [0.15, 0.2) is 41.8 Å². The van der Waals surface area contributed by atoms with Gasteiger partial charge in [0.1, 0.15) is 0 Å². The van der Waals surface area contributed by atoms with Crippen LogP contribution < -0.4 is 5.73 Å². The molecule has 5 heteroatoms. The molecule has 1 aromatic heterocycles. The predicted octanol–water partition coefficient (Wildman–Crippen LogP) is 4.63. The molecule has 2 N–H and O–H groups in total. The zero-order valence-corrected chi connectivity index (χ0v) is 17.8. The molecule has 29 heavy (non-hydrogen) atoms. The summed E-state index contributed by atoms with van der Waals surface area (Å²) in [7, 11) is 0. The molecule has 1 saturated carbocycles. The number of carbonyl (C=O) groups is 2. The lowest BCUT2D eigenvalue weighted by atomic mass is 9.79. The van der Waals surface area contributed by atoms with Crippen molar-refractivity contribution in [3.63, 3.8) is 0 Å². The number of nitrogens with zero attached hydrogens (tertiary/aromatic N) is 1. The van der Waals surface area contributed by atoms with Gasteiger partial charge in [0, 0.05) is 24.4 Å². The van der Waals surface area contributed by atoms with Crippen molar-refractivity contribution < 1.29 is 9.59 Å². The van der Waals surface area contributed by atoms with Crippen molar-refractivity contribution in [2.75, 3.05) is 13.1 Å². The number of rotatable bonds is 7.